The number of hydrogen-bond acceptors (Lipinski definition) is 6. The van der Waals surface area contributed by atoms with Crippen LogP contribution in [0.3, 0.4) is 0 Å². The third-order valence-corrected chi connectivity index (χ3v) is 6.20. The highest BCUT2D eigenvalue weighted by Gasteiger charge is 2.11. The van der Waals surface area contributed by atoms with Crippen LogP contribution < -0.4 is 10.9 Å². The summed E-state index contributed by atoms with van der Waals surface area (Å²) in [6.45, 7) is 0. The molecule has 10 heteroatoms. The fourth-order valence-corrected chi connectivity index (χ4v) is 4.24. The average molecular weight is 484 g/mol. The van der Waals surface area contributed by atoms with Crippen LogP contribution in [0.2, 0.25) is 0 Å². The SMILES string of the molecule is Cn1cnc(-c2ccc(C(=O)NNC(=O)c3ccc(CSc4nc5ccccc5[nH]4)cc3)cc2)n1. The van der Waals surface area contributed by atoms with Crippen LogP contribution in [0, 0.1) is 0 Å². The molecule has 0 unspecified atom stereocenters. The molecule has 0 atom stereocenters. The molecule has 5 aromatic rings. The van der Waals surface area contributed by atoms with Crippen LogP contribution in [0.25, 0.3) is 22.4 Å². The van der Waals surface area contributed by atoms with Crippen molar-refractivity contribution in [1.29, 1.82) is 0 Å². The Morgan fingerprint density at radius 1 is 0.914 bits per heavy atom. The monoisotopic (exact) mass is 483 g/mol. The van der Waals surface area contributed by atoms with Gasteiger partial charge in [-0.1, -0.05) is 48.2 Å². The van der Waals surface area contributed by atoms with Gasteiger partial charge in [0.05, 0.1) is 11.0 Å². The number of aryl methyl sites for hydroxylation is 1. The van der Waals surface area contributed by atoms with Gasteiger partial charge < -0.3 is 4.98 Å². The maximum Gasteiger partial charge on any atom is 0.269 e. The van der Waals surface area contributed by atoms with Gasteiger partial charge in [-0.3, -0.25) is 25.1 Å². The number of nitrogens with zero attached hydrogens (tertiary/aromatic N) is 4. The molecular formula is C25H21N7O2S. The zero-order chi connectivity index (χ0) is 24.2. The molecule has 0 aliphatic carbocycles. The molecule has 0 spiro atoms. The first kappa shape index (κ1) is 22.4. The summed E-state index contributed by atoms with van der Waals surface area (Å²) in [6.07, 6.45) is 1.61. The normalized spacial score (nSPS) is 10.9. The molecular weight excluding hydrogens is 462 g/mol. The quantitative estimate of drug-likeness (QED) is 0.250. The molecule has 0 saturated heterocycles. The Labute approximate surface area is 205 Å². The summed E-state index contributed by atoms with van der Waals surface area (Å²) in [5, 5.41) is 5.08. The minimum atomic E-state index is -0.419. The molecule has 35 heavy (non-hydrogen) atoms. The Morgan fingerprint density at radius 2 is 1.57 bits per heavy atom. The molecule has 3 aromatic carbocycles. The first-order chi connectivity index (χ1) is 17.0. The Bertz CT molecular complexity index is 1460. The molecule has 5 rings (SSSR count). The maximum atomic E-state index is 12.4. The summed E-state index contributed by atoms with van der Waals surface area (Å²) >= 11 is 1.59. The van der Waals surface area contributed by atoms with Crippen LogP contribution in [0.15, 0.2) is 84.3 Å². The lowest BCUT2D eigenvalue weighted by atomic mass is 10.1. The van der Waals surface area contributed by atoms with Crippen molar-refractivity contribution in [2.45, 2.75) is 10.9 Å². The van der Waals surface area contributed by atoms with Gasteiger partial charge in [-0.15, -0.1) is 0 Å². The second kappa shape index (κ2) is 9.82. The van der Waals surface area contributed by atoms with E-state index in [2.05, 4.69) is 30.9 Å². The number of carbonyl (C=O) groups excluding carboxylic acids is 2. The lowest BCUT2D eigenvalue weighted by Gasteiger charge is -2.08. The number of para-hydroxylation sites is 2. The fourth-order valence-electron chi connectivity index (χ4n) is 3.40. The lowest BCUT2D eigenvalue weighted by Crippen LogP contribution is -2.41. The topological polar surface area (TPSA) is 118 Å². The van der Waals surface area contributed by atoms with Crippen molar-refractivity contribution >= 4 is 34.6 Å². The van der Waals surface area contributed by atoms with Crippen molar-refractivity contribution in [3.05, 3.63) is 95.8 Å². The van der Waals surface area contributed by atoms with Gasteiger partial charge in [0.1, 0.15) is 6.33 Å². The van der Waals surface area contributed by atoms with E-state index in [1.807, 2.05) is 36.4 Å². The standard InChI is InChI=1S/C25H21N7O2S/c1-32-15-26-22(31-32)17-10-12-19(13-11-17)24(34)30-29-23(33)18-8-6-16(7-9-18)14-35-25-27-20-4-2-3-5-21(20)28-25/h2-13,15H,14H2,1H3,(H,27,28)(H,29,33)(H,30,34). The molecule has 0 radical (unpaired) electrons. The highest BCUT2D eigenvalue weighted by atomic mass is 32.2. The summed E-state index contributed by atoms with van der Waals surface area (Å²) in [4.78, 5) is 36.9. The van der Waals surface area contributed by atoms with E-state index in [-0.39, 0.29) is 0 Å². The first-order valence-electron chi connectivity index (χ1n) is 10.8. The molecule has 9 nitrogen and oxygen atoms in total. The van der Waals surface area contributed by atoms with Crippen molar-refractivity contribution in [3.8, 4) is 11.4 Å². The van der Waals surface area contributed by atoms with E-state index in [9.17, 15) is 9.59 Å². The van der Waals surface area contributed by atoms with Crippen molar-refractivity contribution in [3.63, 3.8) is 0 Å². The van der Waals surface area contributed by atoms with Crippen LogP contribution in [0.4, 0.5) is 0 Å². The lowest BCUT2D eigenvalue weighted by molar-refractivity contribution is 0.0846. The van der Waals surface area contributed by atoms with E-state index < -0.39 is 11.8 Å². The molecule has 174 valence electrons. The number of amides is 2. The minimum Gasteiger partial charge on any atom is -0.333 e. The smallest absolute Gasteiger partial charge is 0.269 e. The number of benzene rings is 3. The summed E-state index contributed by atoms with van der Waals surface area (Å²) < 4.78 is 1.61. The fraction of sp³-hybridized carbons (Fsp3) is 0.0800. The Kier molecular flexibility index (Phi) is 6.27. The number of carbonyl (C=O) groups is 2. The summed E-state index contributed by atoms with van der Waals surface area (Å²) in [5.74, 6) is 0.469. The van der Waals surface area contributed by atoms with Gasteiger partial charge in [0, 0.05) is 29.5 Å². The number of nitrogens with one attached hydrogen (secondary N) is 3. The van der Waals surface area contributed by atoms with E-state index >= 15 is 0 Å². The van der Waals surface area contributed by atoms with Gasteiger partial charge in [-0.25, -0.2) is 9.97 Å². The maximum absolute atomic E-state index is 12.4. The van der Waals surface area contributed by atoms with E-state index in [1.165, 1.54) is 0 Å². The van der Waals surface area contributed by atoms with E-state index in [0.717, 1.165) is 27.3 Å². The summed E-state index contributed by atoms with van der Waals surface area (Å²) in [7, 11) is 1.79. The number of imidazole rings is 1. The Balaban J connectivity index is 1.13. The van der Waals surface area contributed by atoms with Gasteiger partial charge in [-0.05, 0) is 42.0 Å². The van der Waals surface area contributed by atoms with E-state index in [1.54, 1.807) is 66.2 Å². The predicted octanol–water partition coefficient (Wildman–Crippen LogP) is 3.73. The molecule has 2 heterocycles. The number of aromatic amines is 1. The van der Waals surface area contributed by atoms with Crippen molar-refractivity contribution in [1.82, 2.24) is 35.6 Å². The van der Waals surface area contributed by atoms with Crippen LogP contribution in [-0.2, 0) is 12.8 Å². The molecule has 0 aliphatic heterocycles. The Morgan fingerprint density at radius 3 is 2.20 bits per heavy atom. The second-order valence-electron chi connectivity index (χ2n) is 7.77. The molecule has 3 N–H and O–H groups in total. The van der Waals surface area contributed by atoms with Crippen LogP contribution >= 0.6 is 11.8 Å². The Hall–Kier alpha value is -4.44. The van der Waals surface area contributed by atoms with Crippen molar-refractivity contribution in [2.75, 3.05) is 0 Å². The van der Waals surface area contributed by atoms with E-state index in [0.29, 0.717) is 22.7 Å². The number of fused-ring (bicyclic) bond motifs is 1. The molecule has 0 bridgehead atoms. The molecule has 0 fully saturated rings. The minimum absolute atomic E-state index is 0.399. The summed E-state index contributed by atoms with van der Waals surface area (Å²) in [6, 6.07) is 21.9. The predicted molar refractivity (Wildman–Crippen MR) is 133 cm³/mol. The van der Waals surface area contributed by atoms with Crippen LogP contribution in [0.1, 0.15) is 26.3 Å². The number of hydrazine groups is 1. The van der Waals surface area contributed by atoms with Gasteiger partial charge in [-0.2, -0.15) is 5.10 Å². The van der Waals surface area contributed by atoms with Gasteiger partial charge in [0.15, 0.2) is 11.0 Å². The summed E-state index contributed by atoms with van der Waals surface area (Å²) in [5.41, 5.74) is 9.54. The zero-order valence-corrected chi connectivity index (χ0v) is 19.5. The number of H-pyrrole nitrogens is 1. The highest BCUT2D eigenvalue weighted by molar-refractivity contribution is 7.98. The molecule has 0 aliphatic rings. The third-order valence-electron chi connectivity index (χ3n) is 5.25. The largest absolute Gasteiger partial charge is 0.333 e. The third kappa shape index (κ3) is 5.22. The van der Waals surface area contributed by atoms with Crippen molar-refractivity contribution < 1.29 is 9.59 Å². The molecule has 0 saturated carbocycles. The second-order valence-corrected chi connectivity index (χ2v) is 8.74. The van der Waals surface area contributed by atoms with Crippen molar-refractivity contribution in [2.24, 2.45) is 7.05 Å². The van der Waals surface area contributed by atoms with Gasteiger partial charge in [0.25, 0.3) is 11.8 Å². The zero-order valence-electron chi connectivity index (χ0n) is 18.7. The van der Waals surface area contributed by atoms with E-state index in [4.69, 9.17) is 0 Å². The number of aromatic nitrogens is 5. The van der Waals surface area contributed by atoms with Gasteiger partial charge >= 0.3 is 0 Å². The first-order valence-corrected chi connectivity index (χ1v) is 11.8. The number of hydrogen-bond donors (Lipinski definition) is 3. The highest BCUT2D eigenvalue weighted by Crippen LogP contribution is 2.23. The van der Waals surface area contributed by atoms with Crippen LogP contribution in [-0.4, -0.2) is 36.5 Å². The number of rotatable bonds is 6. The molecule has 2 amide bonds. The average Bonchev–Trinajstić information content (AvgIpc) is 3.52. The number of thioether (sulfide) groups is 1. The van der Waals surface area contributed by atoms with Crippen LogP contribution in [0.5, 0.6) is 0 Å². The molecule has 2 aromatic heterocycles. The van der Waals surface area contributed by atoms with Gasteiger partial charge in [0.2, 0.25) is 0 Å².